The Morgan fingerprint density at radius 1 is 1.33 bits per heavy atom. The van der Waals surface area contributed by atoms with Crippen LogP contribution in [0.2, 0.25) is 0 Å². The van der Waals surface area contributed by atoms with Gasteiger partial charge in [0.2, 0.25) is 5.88 Å². The normalized spacial score (nSPS) is 25.5. The number of halogens is 4. The number of alkyl halides is 2. The second-order valence-corrected chi connectivity index (χ2v) is 6.99. The Morgan fingerprint density at radius 3 is 2.70 bits per heavy atom. The molecule has 0 radical (unpaired) electrons. The number of rotatable bonds is 5. The highest BCUT2D eigenvalue weighted by Gasteiger charge is 2.45. The molecule has 7 nitrogen and oxygen atoms in total. The van der Waals surface area contributed by atoms with Gasteiger partial charge >= 0.3 is 0 Å². The zero-order valence-electron chi connectivity index (χ0n) is 18.7. The summed E-state index contributed by atoms with van der Waals surface area (Å²) in [5.41, 5.74) is 0.826. The van der Waals surface area contributed by atoms with Crippen molar-refractivity contribution in [1.29, 1.82) is 0 Å². The van der Waals surface area contributed by atoms with E-state index in [-0.39, 0.29) is 29.2 Å². The van der Waals surface area contributed by atoms with Crippen LogP contribution in [0.1, 0.15) is 39.9 Å². The number of amidine groups is 1. The second kappa shape index (κ2) is 7.88. The van der Waals surface area contributed by atoms with Gasteiger partial charge in [-0.3, -0.25) is 9.79 Å². The van der Waals surface area contributed by atoms with Crippen molar-refractivity contribution < 1.29 is 31.2 Å². The first-order valence-electron chi connectivity index (χ1n) is 10.2. The first kappa shape index (κ1) is 17.6. The van der Waals surface area contributed by atoms with Crippen LogP contribution in [0.15, 0.2) is 29.5 Å². The van der Waals surface area contributed by atoms with Gasteiger partial charge in [-0.15, -0.1) is 0 Å². The Morgan fingerprint density at radius 2 is 2.10 bits per heavy atom. The Hall–Kier alpha value is -3.24. The van der Waals surface area contributed by atoms with Gasteiger partial charge in [0.05, 0.1) is 29.1 Å². The van der Waals surface area contributed by atoms with Crippen molar-refractivity contribution in [2.75, 3.05) is 19.0 Å². The maximum Gasteiger partial charge on any atom is 0.275 e. The van der Waals surface area contributed by atoms with Crippen molar-refractivity contribution >= 4 is 17.4 Å². The number of hydrogen-bond donors (Lipinski definition) is 2. The molecule has 0 bridgehead atoms. The van der Waals surface area contributed by atoms with Crippen molar-refractivity contribution in [3.63, 3.8) is 0 Å². The summed E-state index contributed by atoms with van der Waals surface area (Å²) in [6.45, 7) is -0.0150. The zero-order valence-corrected chi connectivity index (χ0v) is 15.7. The van der Waals surface area contributed by atoms with Crippen molar-refractivity contribution in [3.05, 3.63) is 47.4 Å². The number of ether oxygens (including phenoxy) is 1. The summed E-state index contributed by atoms with van der Waals surface area (Å²) in [4.78, 5) is 23.7. The predicted molar refractivity (Wildman–Crippen MR) is 101 cm³/mol. The van der Waals surface area contributed by atoms with Gasteiger partial charge in [0.1, 0.15) is 18.2 Å². The van der Waals surface area contributed by atoms with E-state index in [0.717, 1.165) is 24.5 Å². The number of hydrogen-bond acceptors (Lipinski definition) is 6. The number of benzene rings is 1. The maximum absolute atomic E-state index is 14.6. The van der Waals surface area contributed by atoms with Gasteiger partial charge in [-0.25, -0.2) is 27.5 Å². The molecule has 0 saturated heterocycles. The topological polar surface area (TPSA) is 102 Å². The minimum absolute atomic E-state index is 0.168. The fourth-order valence-corrected chi connectivity index (χ4v) is 3.06. The van der Waals surface area contributed by atoms with E-state index in [9.17, 15) is 22.4 Å². The minimum Gasteiger partial charge on any atom is -0.480 e. The molecule has 160 valence electrons. The van der Waals surface area contributed by atoms with E-state index in [2.05, 4.69) is 25.0 Å². The first-order chi connectivity index (χ1) is 15.3. The van der Waals surface area contributed by atoms with Gasteiger partial charge in [0.15, 0.2) is 17.3 Å². The summed E-state index contributed by atoms with van der Waals surface area (Å²) in [7, 11) is -2.76. The summed E-state index contributed by atoms with van der Waals surface area (Å²) in [5, 5.41) is 2.32. The van der Waals surface area contributed by atoms with E-state index >= 15 is 0 Å². The second-order valence-electron chi connectivity index (χ2n) is 6.99. The molecule has 1 aliphatic rings. The van der Waals surface area contributed by atoms with Gasteiger partial charge in [-0.05, 0) is 25.8 Å². The number of aliphatic imine (C=N–C) groups is 1. The lowest BCUT2D eigenvalue weighted by atomic mass is 9.80. The van der Waals surface area contributed by atoms with Gasteiger partial charge in [-0.2, -0.15) is 0 Å². The van der Waals surface area contributed by atoms with Crippen LogP contribution in [0.25, 0.3) is 0 Å². The monoisotopic (exact) mass is 428 g/mol. The van der Waals surface area contributed by atoms with Gasteiger partial charge < -0.3 is 15.8 Å². The van der Waals surface area contributed by atoms with Crippen molar-refractivity contribution in [1.82, 2.24) is 9.97 Å². The van der Waals surface area contributed by atoms with Crippen LogP contribution >= 0.6 is 0 Å². The molecule has 2 atom stereocenters. The van der Waals surface area contributed by atoms with E-state index < -0.39 is 54.7 Å². The molecule has 1 aliphatic heterocycles. The van der Waals surface area contributed by atoms with Gasteiger partial charge in [0, 0.05) is 17.3 Å². The molecular weight excluding hydrogens is 406 g/mol. The molecule has 11 heteroatoms. The van der Waals surface area contributed by atoms with E-state index in [1.54, 1.807) is 0 Å². The Bertz CT molecular complexity index is 1100. The summed E-state index contributed by atoms with van der Waals surface area (Å²) >= 11 is 0. The largest absolute Gasteiger partial charge is 0.480 e. The SMILES string of the molecule is [2H]C([2H])([2H])Oc1cnc(C(=O)Nc2cc(F)c(F)c([C@]3(C)CC[C@](F)(CF)C(N)=N3)c2)cn1. The molecule has 1 aromatic carbocycles. The van der Waals surface area contributed by atoms with Crippen LogP contribution in [0.3, 0.4) is 0 Å². The number of anilines is 1. The number of aromatic nitrogens is 2. The van der Waals surface area contributed by atoms with Crippen LogP contribution in [0, 0.1) is 11.6 Å². The molecule has 2 heterocycles. The number of nitrogens with zero attached hydrogens (tertiary/aromatic N) is 3. The smallest absolute Gasteiger partial charge is 0.275 e. The molecule has 2 aromatic rings. The van der Waals surface area contributed by atoms with Crippen LogP contribution in [-0.2, 0) is 5.54 Å². The lowest BCUT2D eigenvalue weighted by Crippen LogP contribution is -2.48. The summed E-state index contributed by atoms with van der Waals surface area (Å²) in [6, 6.07) is 1.82. The maximum atomic E-state index is 14.6. The number of carbonyl (C=O) groups excluding carboxylic acids is 1. The van der Waals surface area contributed by atoms with Crippen LogP contribution in [-0.4, -0.2) is 41.1 Å². The van der Waals surface area contributed by atoms with Gasteiger partial charge in [0.25, 0.3) is 5.91 Å². The molecule has 0 unspecified atom stereocenters. The highest BCUT2D eigenvalue weighted by molar-refractivity contribution is 6.02. The average Bonchev–Trinajstić information content (AvgIpc) is 2.73. The van der Waals surface area contributed by atoms with Crippen LogP contribution in [0.4, 0.5) is 23.2 Å². The molecule has 1 amide bonds. The fourth-order valence-electron chi connectivity index (χ4n) is 3.06. The van der Waals surface area contributed by atoms with E-state index in [0.29, 0.717) is 0 Å². The van der Waals surface area contributed by atoms with Crippen molar-refractivity contribution in [2.24, 2.45) is 10.7 Å². The third kappa shape index (κ3) is 3.91. The predicted octanol–water partition coefficient (Wildman–Crippen LogP) is 3.06. The number of amides is 1. The van der Waals surface area contributed by atoms with Crippen LogP contribution in [0.5, 0.6) is 5.88 Å². The highest BCUT2D eigenvalue weighted by Crippen LogP contribution is 2.41. The van der Waals surface area contributed by atoms with Crippen LogP contribution < -0.4 is 15.8 Å². The quantitative estimate of drug-likeness (QED) is 0.713. The lowest BCUT2D eigenvalue weighted by Gasteiger charge is -2.36. The van der Waals surface area contributed by atoms with E-state index in [1.807, 2.05) is 0 Å². The van der Waals surface area contributed by atoms with E-state index in [4.69, 9.17) is 9.85 Å². The number of nitrogens with one attached hydrogen (secondary N) is 1. The molecular formula is C19H19F4N5O2. The third-order valence-electron chi connectivity index (χ3n) is 4.88. The molecule has 30 heavy (non-hydrogen) atoms. The summed E-state index contributed by atoms with van der Waals surface area (Å²) in [5.74, 6) is -4.46. The summed E-state index contributed by atoms with van der Waals surface area (Å²) < 4.78 is 81.9. The van der Waals surface area contributed by atoms with Crippen molar-refractivity contribution in [2.45, 2.75) is 31.0 Å². The standard InChI is InChI=1S/C19H19F4N5O2/c1-18(3-4-19(23,9-20)17(24)28-18)11-5-10(6-12(21)15(11)22)27-16(29)13-7-26-14(30-2)8-25-13/h5-8H,3-4,9H2,1-2H3,(H2,24,28)(H,27,29)/t18-,19-/m0/s1/i2D3. The highest BCUT2D eigenvalue weighted by atomic mass is 19.2. The number of nitrogens with two attached hydrogens (primary N) is 1. The number of carbonyl (C=O) groups is 1. The Kier molecular flexibility index (Phi) is 4.63. The molecule has 0 aliphatic carbocycles. The molecule has 1 aromatic heterocycles. The fraction of sp³-hybridized carbons (Fsp3) is 0.368. The molecule has 0 spiro atoms. The first-order valence-corrected chi connectivity index (χ1v) is 8.69. The Balaban J connectivity index is 1.87. The molecule has 0 saturated carbocycles. The van der Waals surface area contributed by atoms with E-state index in [1.165, 1.54) is 6.92 Å². The Labute approximate surface area is 173 Å². The van der Waals surface area contributed by atoms with Gasteiger partial charge in [-0.1, -0.05) is 0 Å². The minimum atomic E-state index is -2.76. The molecule has 3 rings (SSSR count). The molecule has 0 fully saturated rings. The average molecular weight is 428 g/mol. The third-order valence-corrected chi connectivity index (χ3v) is 4.88. The zero-order chi connectivity index (χ0) is 24.6. The number of methoxy groups -OCH3 is 1. The summed E-state index contributed by atoms with van der Waals surface area (Å²) in [6.07, 6.45) is 1.28. The van der Waals surface area contributed by atoms with Crippen molar-refractivity contribution in [3.8, 4) is 5.88 Å². The lowest BCUT2D eigenvalue weighted by molar-refractivity contribution is 0.102. The molecule has 3 N–H and O–H groups in total.